The number of nitrogens with one attached hydrogen (secondary N) is 2. The highest BCUT2D eigenvalue weighted by Crippen LogP contribution is 2.25. The van der Waals surface area contributed by atoms with Crippen LogP contribution in [0.4, 0.5) is 0 Å². The molecule has 1 unspecified atom stereocenters. The van der Waals surface area contributed by atoms with Crippen LogP contribution in [0.15, 0.2) is 33.7 Å². The van der Waals surface area contributed by atoms with E-state index in [2.05, 4.69) is 23.6 Å². The fourth-order valence-corrected chi connectivity index (χ4v) is 3.37. The first-order valence-electron chi connectivity index (χ1n) is 9.42. The van der Waals surface area contributed by atoms with Crippen molar-refractivity contribution in [3.05, 3.63) is 35.6 Å². The largest absolute Gasteiger partial charge is 0.459 e. The maximum absolute atomic E-state index is 11.8. The molecule has 0 bridgehead atoms. The standard InChI is InChI=1S/C20H28N4O2/c1-4-19(25)24-11-10-15(13-24)23-20(21-5-2)22-12-18-14(3)16-8-6-7-9-17(16)26-18/h6-9,15H,4-5,10-13H2,1-3H3,(H2,21,22,23). The minimum absolute atomic E-state index is 0.217. The van der Waals surface area contributed by atoms with Crippen LogP contribution in [0.25, 0.3) is 11.0 Å². The molecule has 2 N–H and O–H groups in total. The van der Waals surface area contributed by atoms with Crippen molar-refractivity contribution < 1.29 is 9.21 Å². The highest BCUT2D eigenvalue weighted by atomic mass is 16.3. The number of para-hydroxylation sites is 1. The third kappa shape index (κ3) is 4.00. The number of nitrogens with zero attached hydrogens (tertiary/aromatic N) is 2. The predicted molar refractivity (Wildman–Crippen MR) is 104 cm³/mol. The quantitative estimate of drug-likeness (QED) is 0.638. The number of benzene rings is 1. The first-order chi connectivity index (χ1) is 12.6. The fraction of sp³-hybridized carbons (Fsp3) is 0.500. The Kier molecular flexibility index (Phi) is 5.81. The number of amides is 1. The lowest BCUT2D eigenvalue weighted by atomic mass is 10.1. The number of carbonyl (C=O) groups excluding carboxylic acids is 1. The van der Waals surface area contributed by atoms with Gasteiger partial charge in [0.2, 0.25) is 5.91 Å². The number of hydrogen-bond donors (Lipinski definition) is 2. The Hall–Kier alpha value is -2.50. The van der Waals surface area contributed by atoms with E-state index in [1.807, 2.05) is 36.9 Å². The van der Waals surface area contributed by atoms with E-state index in [1.54, 1.807) is 0 Å². The monoisotopic (exact) mass is 356 g/mol. The molecule has 26 heavy (non-hydrogen) atoms. The van der Waals surface area contributed by atoms with Gasteiger partial charge in [-0.25, -0.2) is 4.99 Å². The molecule has 1 aliphatic heterocycles. The van der Waals surface area contributed by atoms with Gasteiger partial charge in [-0.1, -0.05) is 25.1 Å². The number of guanidine groups is 1. The highest BCUT2D eigenvalue weighted by Gasteiger charge is 2.25. The van der Waals surface area contributed by atoms with Crippen LogP contribution in [0.3, 0.4) is 0 Å². The first kappa shape index (κ1) is 18.3. The van der Waals surface area contributed by atoms with Gasteiger partial charge >= 0.3 is 0 Å². The molecule has 1 aromatic heterocycles. The molecule has 2 aromatic rings. The van der Waals surface area contributed by atoms with Crippen molar-refractivity contribution in [2.45, 2.75) is 46.2 Å². The summed E-state index contributed by atoms with van der Waals surface area (Å²) in [6.45, 7) is 8.85. The molecule has 0 aliphatic carbocycles. The molecule has 1 aliphatic rings. The molecule has 1 aromatic carbocycles. The van der Waals surface area contributed by atoms with Crippen molar-refractivity contribution in [2.24, 2.45) is 4.99 Å². The summed E-state index contributed by atoms with van der Waals surface area (Å²) >= 11 is 0. The van der Waals surface area contributed by atoms with Gasteiger partial charge in [0, 0.05) is 43.0 Å². The van der Waals surface area contributed by atoms with Crippen LogP contribution in [0.5, 0.6) is 0 Å². The Morgan fingerprint density at radius 1 is 1.35 bits per heavy atom. The highest BCUT2D eigenvalue weighted by molar-refractivity contribution is 5.83. The molecule has 1 amide bonds. The zero-order valence-corrected chi connectivity index (χ0v) is 15.8. The molecular weight excluding hydrogens is 328 g/mol. The van der Waals surface area contributed by atoms with Crippen LogP contribution in [0.1, 0.15) is 38.0 Å². The summed E-state index contributed by atoms with van der Waals surface area (Å²) in [4.78, 5) is 18.5. The Morgan fingerprint density at radius 3 is 2.88 bits per heavy atom. The van der Waals surface area contributed by atoms with Gasteiger partial charge < -0.3 is 20.0 Å². The topological polar surface area (TPSA) is 69.9 Å². The molecule has 1 saturated heterocycles. The number of furan rings is 1. The Morgan fingerprint density at radius 2 is 2.15 bits per heavy atom. The summed E-state index contributed by atoms with van der Waals surface area (Å²) in [5.74, 6) is 1.87. The van der Waals surface area contributed by atoms with Crippen LogP contribution in [0.2, 0.25) is 0 Å². The van der Waals surface area contributed by atoms with Gasteiger partial charge in [-0.2, -0.15) is 0 Å². The van der Waals surface area contributed by atoms with Crippen molar-refractivity contribution in [2.75, 3.05) is 19.6 Å². The van der Waals surface area contributed by atoms with Gasteiger partial charge in [0.1, 0.15) is 17.9 Å². The minimum atomic E-state index is 0.217. The van der Waals surface area contributed by atoms with E-state index < -0.39 is 0 Å². The van der Waals surface area contributed by atoms with Crippen LogP contribution in [-0.2, 0) is 11.3 Å². The van der Waals surface area contributed by atoms with Crippen molar-refractivity contribution in [1.82, 2.24) is 15.5 Å². The first-order valence-corrected chi connectivity index (χ1v) is 9.42. The van der Waals surface area contributed by atoms with Crippen LogP contribution in [0, 0.1) is 6.92 Å². The third-order valence-corrected chi connectivity index (χ3v) is 4.85. The molecule has 3 rings (SSSR count). The zero-order valence-electron chi connectivity index (χ0n) is 15.8. The smallest absolute Gasteiger partial charge is 0.222 e. The van der Waals surface area contributed by atoms with Gasteiger partial charge in [0.05, 0.1) is 0 Å². The minimum Gasteiger partial charge on any atom is -0.459 e. The SMILES string of the molecule is CCNC(=NCc1oc2ccccc2c1C)NC1CCN(C(=O)CC)C1. The maximum Gasteiger partial charge on any atom is 0.222 e. The van der Waals surface area contributed by atoms with Crippen LogP contribution < -0.4 is 10.6 Å². The summed E-state index contributed by atoms with van der Waals surface area (Å²) in [5, 5.41) is 7.88. The van der Waals surface area contributed by atoms with Crippen molar-refractivity contribution >= 4 is 22.8 Å². The van der Waals surface area contributed by atoms with E-state index in [1.165, 1.54) is 0 Å². The fourth-order valence-electron chi connectivity index (χ4n) is 3.37. The van der Waals surface area contributed by atoms with E-state index in [-0.39, 0.29) is 11.9 Å². The van der Waals surface area contributed by atoms with E-state index in [0.717, 1.165) is 54.3 Å². The zero-order chi connectivity index (χ0) is 18.5. The maximum atomic E-state index is 11.8. The van der Waals surface area contributed by atoms with Crippen LogP contribution >= 0.6 is 0 Å². The van der Waals surface area contributed by atoms with Crippen LogP contribution in [-0.4, -0.2) is 42.4 Å². The van der Waals surface area contributed by atoms with E-state index in [4.69, 9.17) is 9.41 Å². The number of fused-ring (bicyclic) bond motifs is 1. The summed E-state index contributed by atoms with van der Waals surface area (Å²) < 4.78 is 5.94. The lowest BCUT2D eigenvalue weighted by Crippen LogP contribution is -2.45. The van der Waals surface area contributed by atoms with Gasteiger partial charge in [-0.05, 0) is 26.3 Å². The second kappa shape index (κ2) is 8.25. The molecule has 6 nitrogen and oxygen atoms in total. The third-order valence-electron chi connectivity index (χ3n) is 4.85. The number of aliphatic imine (C=N–C) groups is 1. The van der Waals surface area contributed by atoms with Crippen molar-refractivity contribution in [1.29, 1.82) is 0 Å². The molecular formula is C20H28N4O2. The van der Waals surface area contributed by atoms with Gasteiger partial charge in [-0.15, -0.1) is 0 Å². The second-order valence-corrected chi connectivity index (χ2v) is 6.66. The second-order valence-electron chi connectivity index (χ2n) is 6.66. The number of likely N-dealkylation sites (tertiary alicyclic amines) is 1. The Labute approximate surface area is 154 Å². The average Bonchev–Trinajstić information content (AvgIpc) is 3.24. The molecule has 140 valence electrons. The lowest BCUT2D eigenvalue weighted by Gasteiger charge is -2.18. The molecule has 0 radical (unpaired) electrons. The molecule has 2 heterocycles. The van der Waals surface area contributed by atoms with Gasteiger partial charge in [0.15, 0.2) is 5.96 Å². The summed E-state index contributed by atoms with van der Waals surface area (Å²) in [5.41, 5.74) is 2.04. The van der Waals surface area contributed by atoms with E-state index in [0.29, 0.717) is 13.0 Å². The summed E-state index contributed by atoms with van der Waals surface area (Å²) in [7, 11) is 0. The number of hydrogen-bond acceptors (Lipinski definition) is 3. The predicted octanol–water partition coefficient (Wildman–Crippen LogP) is 2.81. The number of rotatable bonds is 5. The number of aryl methyl sites for hydroxylation is 1. The van der Waals surface area contributed by atoms with E-state index in [9.17, 15) is 4.79 Å². The van der Waals surface area contributed by atoms with Crippen molar-refractivity contribution in [3.8, 4) is 0 Å². The average molecular weight is 356 g/mol. The molecule has 0 spiro atoms. The molecule has 6 heteroatoms. The Balaban J connectivity index is 1.67. The Bertz CT molecular complexity index is 796. The molecule has 1 fully saturated rings. The van der Waals surface area contributed by atoms with Gasteiger partial charge in [0.25, 0.3) is 0 Å². The van der Waals surface area contributed by atoms with Gasteiger partial charge in [-0.3, -0.25) is 4.79 Å². The lowest BCUT2D eigenvalue weighted by molar-refractivity contribution is -0.129. The van der Waals surface area contributed by atoms with E-state index >= 15 is 0 Å². The number of carbonyl (C=O) groups is 1. The summed E-state index contributed by atoms with van der Waals surface area (Å²) in [6, 6.07) is 8.29. The summed E-state index contributed by atoms with van der Waals surface area (Å²) in [6.07, 6.45) is 1.51. The molecule has 1 atom stereocenters. The van der Waals surface area contributed by atoms with Crippen molar-refractivity contribution in [3.63, 3.8) is 0 Å². The molecule has 0 saturated carbocycles. The normalized spacial score (nSPS) is 17.7.